The molecule has 1 unspecified atom stereocenters. The van der Waals surface area contributed by atoms with Gasteiger partial charge in [-0.2, -0.15) is 4.31 Å². The van der Waals surface area contributed by atoms with Crippen LogP contribution in [0.15, 0.2) is 16.3 Å². The van der Waals surface area contributed by atoms with Crippen LogP contribution in [0.5, 0.6) is 0 Å². The molecule has 1 saturated heterocycles. The van der Waals surface area contributed by atoms with Crippen molar-refractivity contribution in [2.75, 3.05) is 6.54 Å². The molecule has 114 valence electrons. The highest BCUT2D eigenvalue weighted by molar-refractivity contribution is 7.89. The van der Waals surface area contributed by atoms with Crippen molar-refractivity contribution in [2.45, 2.75) is 24.3 Å². The fourth-order valence-corrected chi connectivity index (χ4v) is 4.70. The minimum absolute atomic E-state index is 0.130. The number of carboxylic acids is 1. The van der Waals surface area contributed by atoms with E-state index in [0.717, 1.165) is 21.7 Å². The molecule has 1 aromatic heterocycles. The number of piperazine rings is 1. The highest BCUT2D eigenvalue weighted by Crippen LogP contribution is 2.26. The molecule has 10 heteroatoms. The summed E-state index contributed by atoms with van der Waals surface area (Å²) >= 11 is 0.768. The summed E-state index contributed by atoms with van der Waals surface area (Å²) in [4.78, 5) is 33.6. The average molecular weight is 332 g/mol. The first-order valence-electron chi connectivity index (χ1n) is 5.94. The zero-order chi connectivity index (χ0) is 15.8. The van der Waals surface area contributed by atoms with Crippen LogP contribution >= 0.6 is 11.3 Å². The average Bonchev–Trinajstić information content (AvgIpc) is 2.88. The summed E-state index contributed by atoms with van der Waals surface area (Å²) in [7, 11) is -4.10. The molecule has 2 amide bonds. The van der Waals surface area contributed by atoms with Gasteiger partial charge in [-0.25, -0.2) is 13.2 Å². The van der Waals surface area contributed by atoms with E-state index in [1.165, 1.54) is 5.38 Å². The van der Waals surface area contributed by atoms with E-state index in [9.17, 15) is 22.8 Å². The third kappa shape index (κ3) is 2.82. The first-order valence-corrected chi connectivity index (χ1v) is 8.26. The molecule has 0 spiro atoms. The zero-order valence-electron chi connectivity index (χ0n) is 10.9. The van der Waals surface area contributed by atoms with Crippen LogP contribution in [0.1, 0.15) is 23.0 Å². The van der Waals surface area contributed by atoms with Gasteiger partial charge in [0, 0.05) is 5.38 Å². The Kier molecular flexibility index (Phi) is 4.12. The number of amides is 2. The Morgan fingerprint density at radius 3 is 2.71 bits per heavy atom. The van der Waals surface area contributed by atoms with Crippen molar-refractivity contribution in [2.24, 2.45) is 0 Å². The Hall–Kier alpha value is -1.78. The predicted octanol–water partition coefficient (Wildman–Crippen LogP) is -0.128. The molecule has 1 atom stereocenters. The Bertz CT molecular complexity index is 708. The lowest BCUT2D eigenvalue weighted by atomic mass is 10.2. The van der Waals surface area contributed by atoms with Crippen LogP contribution in [0.25, 0.3) is 0 Å². The minimum Gasteiger partial charge on any atom is -0.477 e. The summed E-state index contributed by atoms with van der Waals surface area (Å²) in [6, 6.07) is 0.0346. The number of hydrogen-bond acceptors (Lipinski definition) is 6. The fourth-order valence-electron chi connectivity index (χ4n) is 1.99. The monoisotopic (exact) mass is 332 g/mol. The van der Waals surface area contributed by atoms with Crippen LogP contribution < -0.4 is 5.32 Å². The summed E-state index contributed by atoms with van der Waals surface area (Å²) in [6.45, 7) is 1.16. The van der Waals surface area contributed by atoms with Crippen LogP contribution in [0, 0.1) is 0 Å². The van der Waals surface area contributed by atoms with Crippen LogP contribution in [0.2, 0.25) is 0 Å². The van der Waals surface area contributed by atoms with Gasteiger partial charge >= 0.3 is 5.97 Å². The normalized spacial score (nSPS) is 20.3. The van der Waals surface area contributed by atoms with E-state index in [0.29, 0.717) is 0 Å². The molecule has 2 rings (SSSR count). The van der Waals surface area contributed by atoms with E-state index >= 15 is 0 Å². The van der Waals surface area contributed by atoms with Gasteiger partial charge in [0.2, 0.25) is 21.8 Å². The summed E-state index contributed by atoms with van der Waals surface area (Å²) < 4.78 is 25.8. The zero-order valence-corrected chi connectivity index (χ0v) is 12.5. The first-order chi connectivity index (χ1) is 9.77. The summed E-state index contributed by atoms with van der Waals surface area (Å²) in [5.74, 6) is -2.62. The van der Waals surface area contributed by atoms with Crippen molar-refractivity contribution in [1.82, 2.24) is 9.62 Å². The molecule has 0 aliphatic carbocycles. The number of sulfonamides is 1. The first kappa shape index (κ1) is 15.6. The molecule has 0 aromatic carbocycles. The van der Waals surface area contributed by atoms with E-state index in [1.54, 1.807) is 6.92 Å². The number of nitrogens with zero attached hydrogens (tertiary/aromatic N) is 1. The van der Waals surface area contributed by atoms with Gasteiger partial charge in [0.05, 0.1) is 11.4 Å². The van der Waals surface area contributed by atoms with Crippen LogP contribution in [0.3, 0.4) is 0 Å². The van der Waals surface area contributed by atoms with Crippen molar-refractivity contribution in [3.05, 3.63) is 16.3 Å². The molecular formula is C11H12N2O6S2. The topological polar surface area (TPSA) is 121 Å². The predicted molar refractivity (Wildman–Crippen MR) is 72.4 cm³/mol. The second-order valence-electron chi connectivity index (χ2n) is 4.34. The van der Waals surface area contributed by atoms with E-state index in [-0.39, 0.29) is 16.2 Å². The quantitative estimate of drug-likeness (QED) is 0.741. The van der Waals surface area contributed by atoms with E-state index < -0.39 is 40.4 Å². The molecule has 2 N–H and O–H groups in total. The highest BCUT2D eigenvalue weighted by Gasteiger charge is 2.41. The maximum Gasteiger partial charge on any atom is 0.345 e. The second kappa shape index (κ2) is 5.54. The summed E-state index contributed by atoms with van der Waals surface area (Å²) in [5, 5.41) is 12.1. The van der Waals surface area contributed by atoms with Gasteiger partial charge in [-0.3, -0.25) is 14.9 Å². The second-order valence-corrected chi connectivity index (χ2v) is 7.14. The fraction of sp³-hybridized carbons (Fsp3) is 0.364. The van der Waals surface area contributed by atoms with Gasteiger partial charge in [0.1, 0.15) is 10.9 Å². The number of nitrogens with one attached hydrogen (secondary N) is 1. The number of hydrogen-bond donors (Lipinski definition) is 2. The lowest BCUT2D eigenvalue weighted by Gasteiger charge is -2.31. The van der Waals surface area contributed by atoms with E-state index in [2.05, 4.69) is 5.32 Å². The third-order valence-electron chi connectivity index (χ3n) is 2.99. The largest absolute Gasteiger partial charge is 0.477 e. The lowest BCUT2D eigenvalue weighted by Crippen LogP contribution is -2.59. The Balaban J connectivity index is 2.42. The molecule has 0 radical (unpaired) electrons. The standard InChI is InChI=1S/C11H12N2O6S2/c1-2-7-10(15)12-9(14)4-13(7)21(18,19)6-3-8(11(16)17)20-5-6/h3,5,7H,2,4H2,1H3,(H,16,17)(H,12,14,15). The molecule has 1 aliphatic rings. The van der Waals surface area contributed by atoms with Gasteiger partial charge in [0.15, 0.2) is 0 Å². The summed E-state index contributed by atoms with van der Waals surface area (Å²) in [6.07, 6.45) is 0.203. The Morgan fingerprint density at radius 2 is 2.19 bits per heavy atom. The van der Waals surface area contributed by atoms with E-state index in [1.807, 2.05) is 0 Å². The maximum atomic E-state index is 12.5. The molecule has 0 bridgehead atoms. The summed E-state index contributed by atoms with van der Waals surface area (Å²) in [5.41, 5.74) is 0. The SMILES string of the molecule is CCC1C(=O)NC(=O)CN1S(=O)(=O)c1csc(C(=O)O)c1. The maximum absolute atomic E-state index is 12.5. The lowest BCUT2D eigenvalue weighted by molar-refractivity contribution is -0.137. The van der Waals surface area contributed by atoms with Crippen molar-refractivity contribution in [3.8, 4) is 0 Å². The molecule has 8 nitrogen and oxygen atoms in total. The number of carbonyl (C=O) groups excluding carboxylic acids is 2. The van der Waals surface area contributed by atoms with Crippen molar-refractivity contribution >= 4 is 39.1 Å². The highest BCUT2D eigenvalue weighted by atomic mass is 32.2. The van der Waals surface area contributed by atoms with Crippen molar-refractivity contribution in [3.63, 3.8) is 0 Å². The number of rotatable bonds is 4. The molecule has 1 fully saturated rings. The van der Waals surface area contributed by atoms with Crippen molar-refractivity contribution in [1.29, 1.82) is 0 Å². The van der Waals surface area contributed by atoms with Gasteiger partial charge in [-0.05, 0) is 12.5 Å². The van der Waals surface area contributed by atoms with Gasteiger partial charge in [-0.15, -0.1) is 11.3 Å². The molecule has 0 saturated carbocycles. The number of carbonyl (C=O) groups is 3. The smallest absolute Gasteiger partial charge is 0.345 e. The number of carboxylic acid groups (broad SMARTS) is 1. The van der Waals surface area contributed by atoms with Crippen LogP contribution in [-0.4, -0.2) is 48.2 Å². The van der Waals surface area contributed by atoms with Gasteiger partial charge in [-0.1, -0.05) is 6.92 Å². The van der Waals surface area contributed by atoms with Crippen LogP contribution in [0.4, 0.5) is 0 Å². The number of thiophene rings is 1. The minimum atomic E-state index is -4.10. The molecule has 21 heavy (non-hydrogen) atoms. The van der Waals surface area contributed by atoms with E-state index in [4.69, 9.17) is 5.11 Å². The van der Waals surface area contributed by atoms with Gasteiger partial charge in [0.25, 0.3) is 0 Å². The van der Waals surface area contributed by atoms with Crippen molar-refractivity contribution < 1.29 is 27.9 Å². The number of aromatic carboxylic acids is 1. The number of imide groups is 1. The molecule has 1 aromatic rings. The molecule has 1 aliphatic heterocycles. The third-order valence-corrected chi connectivity index (χ3v) is 5.89. The molecular weight excluding hydrogens is 320 g/mol. The Labute approximate surface area is 124 Å². The van der Waals surface area contributed by atoms with Crippen LogP contribution in [-0.2, 0) is 19.6 Å². The molecule has 2 heterocycles. The van der Waals surface area contributed by atoms with Gasteiger partial charge < -0.3 is 5.11 Å². The Morgan fingerprint density at radius 1 is 1.52 bits per heavy atom.